The summed E-state index contributed by atoms with van der Waals surface area (Å²) in [6, 6.07) is -0.271. The van der Waals surface area contributed by atoms with Gasteiger partial charge in [-0.05, 0) is 18.4 Å². The predicted molar refractivity (Wildman–Crippen MR) is 55.3 cm³/mol. The quantitative estimate of drug-likeness (QED) is 0.386. The van der Waals surface area contributed by atoms with Gasteiger partial charge in [-0.3, -0.25) is 9.59 Å². The Balaban J connectivity index is 2.02. The number of hydrogen-bond donors (Lipinski definition) is 0. The van der Waals surface area contributed by atoms with Crippen LogP contribution < -0.4 is 0 Å². The maximum absolute atomic E-state index is 11.9. The molecule has 16 heavy (non-hydrogen) atoms. The first-order valence-electron chi connectivity index (χ1n) is 5.33. The van der Waals surface area contributed by atoms with Gasteiger partial charge in [0.2, 0.25) is 11.8 Å². The molecule has 2 amide bonds. The van der Waals surface area contributed by atoms with Gasteiger partial charge >= 0.3 is 0 Å². The molecule has 2 heterocycles. The number of nitrogens with zero attached hydrogens (tertiary/aromatic N) is 5. The van der Waals surface area contributed by atoms with E-state index in [1.165, 1.54) is 4.90 Å². The molecule has 0 saturated carbocycles. The summed E-state index contributed by atoms with van der Waals surface area (Å²) in [6.45, 7) is 1.37. The molecule has 0 aliphatic carbocycles. The van der Waals surface area contributed by atoms with E-state index in [1.54, 1.807) is 4.90 Å². The second-order valence-electron chi connectivity index (χ2n) is 3.96. The van der Waals surface area contributed by atoms with Crippen LogP contribution in [0.3, 0.4) is 0 Å². The van der Waals surface area contributed by atoms with E-state index in [-0.39, 0.29) is 30.9 Å². The molecule has 1 unspecified atom stereocenters. The van der Waals surface area contributed by atoms with Crippen LogP contribution in [0.5, 0.6) is 0 Å². The molecular weight excluding hydrogens is 210 g/mol. The summed E-state index contributed by atoms with van der Waals surface area (Å²) in [5, 5.41) is 3.37. The van der Waals surface area contributed by atoms with E-state index in [2.05, 4.69) is 10.0 Å². The van der Waals surface area contributed by atoms with Crippen molar-refractivity contribution in [2.45, 2.75) is 18.9 Å². The van der Waals surface area contributed by atoms with Crippen LogP contribution in [-0.2, 0) is 9.59 Å². The summed E-state index contributed by atoms with van der Waals surface area (Å²) >= 11 is 0. The van der Waals surface area contributed by atoms with E-state index in [9.17, 15) is 9.59 Å². The Kier molecular flexibility index (Phi) is 2.96. The van der Waals surface area contributed by atoms with Gasteiger partial charge < -0.3 is 9.80 Å². The Labute approximate surface area is 92.6 Å². The number of azide groups is 1. The minimum Gasteiger partial charge on any atom is -0.331 e. The van der Waals surface area contributed by atoms with Crippen molar-refractivity contribution in [1.29, 1.82) is 0 Å². The van der Waals surface area contributed by atoms with Gasteiger partial charge in [-0.25, -0.2) is 0 Å². The Morgan fingerprint density at radius 2 is 2.31 bits per heavy atom. The van der Waals surface area contributed by atoms with Crippen molar-refractivity contribution in [3.05, 3.63) is 10.4 Å². The highest BCUT2D eigenvalue weighted by molar-refractivity contribution is 5.95. The lowest BCUT2D eigenvalue weighted by molar-refractivity contribution is -0.153. The predicted octanol–water partition coefficient (Wildman–Crippen LogP) is 0.130. The second-order valence-corrected chi connectivity index (χ2v) is 3.96. The summed E-state index contributed by atoms with van der Waals surface area (Å²) in [5.41, 5.74) is 8.14. The smallest absolute Gasteiger partial charge is 0.245 e. The van der Waals surface area contributed by atoms with Crippen LogP contribution in [0.1, 0.15) is 12.8 Å². The van der Waals surface area contributed by atoms with Crippen molar-refractivity contribution >= 4 is 11.8 Å². The first-order valence-corrected chi connectivity index (χ1v) is 5.33. The highest BCUT2D eigenvalue weighted by Gasteiger charge is 2.41. The lowest BCUT2D eigenvalue weighted by atomic mass is 10.1. The zero-order valence-electron chi connectivity index (χ0n) is 8.87. The third kappa shape index (κ3) is 1.81. The number of carbonyl (C=O) groups excluding carboxylic acids is 2. The van der Waals surface area contributed by atoms with Gasteiger partial charge in [0.25, 0.3) is 0 Å². The Morgan fingerprint density at radius 1 is 1.50 bits per heavy atom. The van der Waals surface area contributed by atoms with Crippen molar-refractivity contribution < 1.29 is 9.59 Å². The lowest BCUT2D eigenvalue weighted by Gasteiger charge is -2.36. The maximum Gasteiger partial charge on any atom is 0.245 e. The maximum atomic E-state index is 11.9. The van der Waals surface area contributed by atoms with E-state index in [0.717, 1.165) is 12.8 Å². The van der Waals surface area contributed by atoms with E-state index < -0.39 is 0 Å². The number of carbonyl (C=O) groups is 2. The highest BCUT2D eigenvalue weighted by Crippen LogP contribution is 2.23. The van der Waals surface area contributed by atoms with Gasteiger partial charge in [-0.15, -0.1) is 0 Å². The summed E-state index contributed by atoms with van der Waals surface area (Å²) in [4.78, 5) is 29.4. The van der Waals surface area contributed by atoms with E-state index in [0.29, 0.717) is 13.1 Å². The molecule has 0 aromatic carbocycles. The molecule has 0 aromatic heterocycles. The number of hydrogen-bond acceptors (Lipinski definition) is 3. The van der Waals surface area contributed by atoms with Crippen molar-refractivity contribution in [2.24, 2.45) is 5.11 Å². The van der Waals surface area contributed by atoms with Crippen LogP contribution in [0.2, 0.25) is 0 Å². The summed E-state index contributed by atoms with van der Waals surface area (Å²) < 4.78 is 0. The van der Waals surface area contributed by atoms with Crippen LogP contribution >= 0.6 is 0 Å². The van der Waals surface area contributed by atoms with Gasteiger partial charge in [0.1, 0.15) is 6.04 Å². The number of fused-ring (bicyclic) bond motifs is 1. The highest BCUT2D eigenvalue weighted by atomic mass is 16.2. The zero-order chi connectivity index (χ0) is 11.5. The van der Waals surface area contributed by atoms with Crippen LogP contribution in [0.15, 0.2) is 5.11 Å². The minimum absolute atomic E-state index is 0.00281. The average molecular weight is 223 g/mol. The van der Waals surface area contributed by atoms with Crippen molar-refractivity contribution in [2.75, 3.05) is 26.2 Å². The summed E-state index contributed by atoms with van der Waals surface area (Å²) in [5.74, 6) is -0.00622. The van der Waals surface area contributed by atoms with Crippen LogP contribution in [0, 0.1) is 0 Å². The van der Waals surface area contributed by atoms with E-state index in [4.69, 9.17) is 5.53 Å². The molecule has 2 saturated heterocycles. The molecule has 2 aliphatic rings. The number of rotatable bonds is 3. The van der Waals surface area contributed by atoms with Crippen molar-refractivity contribution in [3.8, 4) is 0 Å². The molecule has 2 rings (SSSR count). The normalized spacial score (nSPS) is 24.4. The SMILES string of the molecule is [N-]=[N+]=NCCN1CC(=O)N2CCCC2C1=O. The fourth-order valence-electron chi connectivity index (χ4n) is 2.26. The summed E-state index contributed by atoms with van der Waals surface area (Å²) in [7, 11) is 0. The molecule has 2 fully saturated rings. The van der Waals surface area contributed by atoms with Crippen LogP contribution in [0.4, 0.5) is 0 Å². The van der Waals surface area contributed by atoms with Gasteiger partial charge in [0.15, 0.2) is 0 Å². The second kappa shape index (κ2) is 4.40. The Morgan fingerprint density at radius 3 is 3.06 bits per heavy atom. The van der Waals surface area contributed by atoms with Crippen molar-refractivity contribution in [1.82, 2.24) is 9.80 Å². The molecule has 0 N–H and O–H groups in total. The molecule has 1 atom stereocenters. The minimum atomic E-state index is -0.271. The fourth-order valence-corrected chi connectivity index (χ4v) is 2.26. The van der Waals surface area contributed by atoms with Crippen LogP contribution in [-0.4, -0.2) is 53.8 Å². The Bertz CT molecular complexity index is 363. The number of amides is 2. The van der Waals surface area contributed by atoms with E-state index in [1.807, 2.05) is 0 Å². The van der Waals surface area contributed by atoms with Gasteiger partial charge in [0.05, 0.1) is 6.54 Å². The van der Waals surface area contributed by atoms with Gasteiger partial charge in [-0.1, -0.05) is 5.11 Å². The molecule has 7 heteroatoms. The topological polar surface area (TPSA) is 89.4 Å². The summed E-state index contributed by atoms with van der Waals surface area (Å²) in [6.07, 6.45) is 1.65. The van der Waals surface area contributed by atoms with Gasteiger partial charge in [-0.2, -0.15) is 0 Å². The molecule has 0 bridgehead atoms. The third-order valence-corrected chi connectivity index (χ3v) is 3.03. The fraction of sp³-hybridized carbons (Fsp3) is 0.778. The largest absolute Gasteiger partial charge is 0.331 e. The average Bonchev–Trinajstić information content (AvgIpc) is 2.75. The standard InChI is InChI=1S/C9H13N5O2/c10-12-11-3-5-13-6-8(15)14-4-1-2-7(14)9(13)16/h7H,1-6H2. The zero-order valence-corrected chi connectivity index (χ0v) is 8.87. The van der Waals surface area contributed by atoms with Gasteiger partial charge in [0, 0.05) is 24.5 Å². The molecule has 7 nitrogen and oxygen atoms in total. The number of piperazine rings is 1. The molecule has 0 radical (unpaired) electrons. The first-order chi connectivity index (χ1) is 7.74. The first kappa shape index (κ1) is 10.8. The van der Waals surface area contributed by atoms with Crippen molar-refractivity contribution in [3.63, 3.8) is 0 Å². The lowest BCUT2D eigenvalue weighted by Crippen LogP contribution is -2.57. The Hall–Kier alpha value is -1.75. The molecule has 0 spiro atoms. The monoisotopic (exact) mass is 223 g/mol. The molecule has 86 valence electrons. The molecular formula is C9H13N5O2. The molecule has 0 aromatic rings. The third-order valence-electron chi connectivity index (χ3n) is 3.03. The van der Waals surface area contributed by atoms with E-state index >= 15 is 0 Å². The molecule has 2 aliphatic heterocycles. The van der Waals surface area contributed by atoms with Crippen LogP contribution in [0.25, 0.3) is 10.4 Å².